The summed E-state index contributed by atoms with van der Waals surface area (Å²) in [6, 6.07) is 4.11. The number of nitrogens with one attached hydrogen (secondary N) is 1. The average Bonchev–Trinajstić information content (AvgIpc) is 3.20. The molecule has 3 unspecified atom stereocenters. The van der Waals surface area contributed by atoms with E-state index in [4.69, 9.17) is 14.1 Å². The molecule has 1 saturated carbocycles. The van der Waals surface area contributed by atoms with Gasteiger partial charge in [-0.1, -0.05) is 12.8 Å². The van der Waals surface area contributed by atoms with E-state index in [0.29, 0.717) is 17.7 Å². The van der Waals surface area contributed by atoms with E-state index in [0.717, 1.165) is 30.3 Å². The zero-order chi connectivity index (χ0) is 17.6. The van der Waals surface area contributed by atoms with Gasteiger partial charge in [0.15, 0.2) is 5.96 Å². The maximum Gasteiger partial charge on any atom is 0.338 e. The first-order valence-corrected chi connectivity index (χ1v) is 9.14. The van der Waals surface area contributed by atoms with Gasteiger partial charge < -0.3 is 19.4 Å². The number of furan rings is 1. The Balaban J connectivity index is 1.77. The molecule has 0 bridgehead atoms. The van der Waals surface area contributed by atoms with Crippen LogP contribution in [0.3, 0.4) is 0 Å². The standard InChI is InChI=1S/C19H25N3O3/c1-11(2)25-18(23)16-12(3)20-19-21-13-7-4-5-8-14(13)22(19)17(16)15-9-6-10-24-15/h6,9-11,13-14,17H,4-5,7-8H2,1-3H3,(H,20,21). The Morgan fingerprint density at radius 2 is 2.20 bits per heavy atom. The second-order valence-electron chi connectivity index (χ2n) is 7.31. The van der Waals surface area contributed by atoms with Gasteiger partial charge in [0.05, 0.1) is 30.0 Å². The lowest BCUT2D eigenvalue weighted by atomic mass is 9.88. The van der Waals surface area contributed by atoms with Crippen molar-refractivity contribution in [3.8, 4) is 0 Å². The van der Waals surface area contributed by atoms with Crippen molar-refractivity contribution in [2.24, 2.45) is 4.99 Å². The molecule has 1 aromatic heterocycles. The molecule has 1 aliphatic carbocycles. The van der Waals surface area contributed by atoms with Crippen LogP contribution in [-0.2, 0) is 9.53 Å². The van der Waals surface area contributed by atoms with E-state index in [2.05, 4.69) is 10.2 Å². The number of fused-ring (bicyclic) bond motifs is 3. The van der Waals surface area contributed by atoms with E-state index in [1.165, 1.54) is 12.8 Å². The molecular weight excluding hydrogens is 318 g/mol. The fourth-order valence-electron chi connectivity index (χ4n) is 4.21. The van der Waals surface area contributed by atoms with Crippen LogP contribution in [0.4, 0.5) is 0 Å². The van der Waals surface area contributed by atoms with Gasteiger partial charge >= 0.3 is 5.97 Å². The summed E-state index contributed by atoms with van der Waals surface area (Å²) in [5, 5.41) is 3.34. The lowest BCUT2D eigenvalue weighted by Gasteiger charge is -2.41. The first-order chi connectivity index (χ1) is 12.1. The summed E-state index contributed by atoms with van der Waals surface area (Å²) in [7, 11) is 0. The Bertz CT molecular complexity index is 720. The molecule has 3 atom stereocenters. The van der Waals surface area contributed by atoms with Crippen LogP contribution in [0.25, 0.3) is 0 Å². The zero-order valence-corrected chi connectivity index (χ0v) is 15.0. The van der Waals surface area contributed by atoms with Crippen molar-refractivity contribution < 1.29 is 13.9 Å². The van der Waals surface area contributed by atoms with Gasteiger partial charge in [-0.15, -0.1) is 0 Å². The highest BCUT2D eigenvalue weighted by Crippen LogP contribution is 2.42. The van der Waals surface area contributed by atoms with Crippen LogP contribution >= 0.6 is 0 Å². The number of carbonyl (C=O) groups is 1. The molecule has 2 aliphatic heterocycles. The zero-order valence-electron chi connectivity index (χ0n) is 15.0. The van der Waals surface area contributed by atoms with Gasteiger partial charge in [0.25, 0.3) is 0 Å². The number of esters is 1. The molecular formula is C19H25N3O3. The lowest BCUT2D eigenvalue weighted by molar-refractivity contribution is -0.143. The highest BCUT2D eigenvalue weighted by atomic mass is 16.5. The largest absolute Gasteiger partial charge is 0.467 e. The first kappa shape index (κ1) is 16.2. The van der Waals surface area contributed by atoms with Crippen LogP contribution in [0.2, 0.25) is 0 Å². The normalized spacial score (nSPS) is 28.4. The molecule has 3 heterocycles. The molecule has 0 radical (unpaired) electrons. The molecule has 3 aliphatic rings. The molecule has 25 heavy (non-hydrogen) atoms. The van der Waals surface area contributed by atoms with E-state index in [-0.39, 0.29) is 18.1 Å². The Hall–Kier alpha value is -2.24. The lowest BCUT2D eigenvalue weighted by Crippen LogP contribution is -2.52. The Morgan fingerprint density at radius 3 is 2.92 bits per heavy atom. The maximum absolute atomic E-state index is 12.8. The van der Waals surface area contributed by atoms with Crippen LogP contribution in [0.1, 0.15) is 58.3 Å². The SMILES string of the molecule is CC1=C(C(=O)OC(C)C)C(c2ccco2)N2C(=NC3CCCCC32)N1. The predicted molar refractivity (Wildman–Crippen MR) is 93.8 cm³/mol. The van der Waals surface area contributed by atoms with E-state index in [1.807, 2.05) is 32.9 Å². The van der Waals surface area contributed by atoms with Crippen LogP contribution in [0.5, 0.6) is 0 Å². The number of carbonyl (C=O) groups excluding carboxylic acids is 1. The first-order valence-electron chi connectivity index (χ1n) is 9.14. The van der Waals surface area contributed by atoms with E-state index in [9.17, 15) is 4.79 Å². The molecule has 6 heteroatoms. The van der Waals surface area contributed by atoms with Gasteiger partial charge in [0.2, 0.25) is 0 Å². The smallest absolute Gasteiger partial charge is 0.338 e. The topological polar surface area (TPSA) is 67.1 Å². The minimum Gasteiger partial charge on any atom is -0.467 e. The van der Waals surface area contributed by atoms with E-state index < -0.39 is 0 Å². The number of nitrogens with zero attached hydrogens (tertiary/aromatic N) is 2. The Morgan fingerprint density at radius 1 is 1.40 bits per heavy atom. The molecule has 1 N–H and O–H groups in total. The summed E-state index contributed by atoms with van der Waals surface area (Å²) in [4.78, 5) is 20.0. The number of hydrogen-bond donors (Lipinski definition) is 1. The quantitative estimate of drug-likeness (QED) is 0.854. The van der Waals surface area contributed by atoms with Crippen molar-refractivity contribution in [1.29, 1.82) is 0 Å². The van der Waals surface area contributed by atoms with Crippen molar-refractivity contribution in [3.05, 3.63) is 35.4 Å². The molecule has 0 spiro atoms. The van der Waals surface area contributed by atoms with Crippen molar-refractivity contribution >= 4 is 11.9 Å². The number of ether oxygens (including phenoxy) is 1. The van der Waals surface area contributed by atoms with Crippen molar-refractivity contribution in [3.63, 3.8) is 0 Å². The van der Waals surface area contributed by atoms with Crippen molar-refractivity contribution in [2.75, 3.05) is 0 Å². The summed E-state index contributed by atoms with van der Waals surface area (Å²) < 4.78 is 11.3. The monoisotopic (exact) mass is 343 g/mol. The van der Waals surface area contributed by atoms with Crippen LogP contribution in [-0.4, -0.2) is 35.0 Å². The second-order valence-corrected chi connectivity index (χ2v) is 7.31. The average molecular weight is 343 g/mol. The van der Waals surface area contributed by atoms with Crippen LogP contribution < -0.4 is 5.32 Å². The minimum atomic E-state index is -0.292. The third-order valence-electron chi connectivity index (χ3n) is 5.21. The Kier molecular flexibility index (Phi) is 4.06. The van der Waals surface area contributed by atoms with Crippen molar-refractivity contribution in [1.82, 2.24) is 10.2 Å². The molecule has 4 rings (SSSR count). The van der Waals surface area contributed by atoms with Crippen LogP contribution in [0.15, 0.2) is 39.1 Å². The highest BCUT2D eigenvalue weighted by molar-refractivity contribution is 5.96. The number of allylic oxidation sites excluding steroid dienone is 1. The fourth-order valence-corrected chi connectivity index (χ4v) is 4.21. The summed E-state index contributed by atoms with van der Waals surface area (Å²) in [6.07, 6.45) is 6.08. The minimum absolute atomic E-state index is 0.166. The third-order valence-corrected chi connectivity index (χ3v) is 5.21. The van der Waals surface area contributed by atoms with E-state index in [1.54, 1.807) is 6.26 Å². The van der Waals surface area contributed by atoms with Crippen molar-refractivity contribution in [2.45, 2.75) is 70.7 Å². The van der Waals surface area contributed by atoms with Gasteiger partial charge in [-0.05, 0) is 45.7 Å². The Labute approximate surface area is 147 Å². The fraction of sp³-hybridized carbons (Fsp3) is 0.579. The summed E-state index contributed by atoms with van der Waals surface area (Å²) in [5.74, 6) is 1.33. The molecule has 0 aromatic carbocycles. The molecule has 1 aromatic rings. The number of rotatable bonds is 3. The molecule has 0 amide bonds. The van der Waals surface area contributed by atoms with Gasteiger partial charge in [-0.2, -0.15) is 0 Å². The molecule has 6 nitrogen and oxygen atoms in total. The van der Waals surface area contributed by atoms with Gasteiger partial charge in [-0.25, -0.2) is 9.79 Å². The van der Waals surface area contributed by atoms with Gasteiger partial charge in [0, 0.05) is 5.70 Å². The van der Waals surface area contributed by atoms with Gasteiger partial charge in [-0.3, -0.25) is 0 Å². The third kappa shape index (κ3) is 2.73. The second kappa shape index (κ2) is 6.24. The number of hydrogen-bond acceptors (Lipinski definition) is 6. The number of guanidine groups is 1. The van der Waals surface area contributed by atoms with Crippen LogP contribution in [0, 0.1) is 0 Å². The van der Waals surface area contributed by atoms with E-state index >= 15 is 0 Å². The van der Waals surface area contributed by atoms with Gasteiger partial charge in [0.1, 0.15) is 11.8 Å². The number of aliphatic imine (C=N–C) groups is 1. The maximum atomic E-state index is 12.8. The molecule has 1 fully saturated rings. The summed E-state index contributed by atoms with van der Waals surface area (Å²) >= 11 is 0. The molecule has 134 valence electrons. The molecule has 0 saturated heterocycles. The predicted octanol–water partition coefficient (Wildman–Crippen LogP) is 3.13. The summed E-state index contributed by atoms with van der Waals surface area (Å²) in [6.45, 7) is 5.65. The highest BCUT2D eigenvalue weighted by Gasteiger charge is 2.48. The summed E-state index contributed by atoms with van der Waals surface area (Å²) in [5.41, 5.74) is 1.41.